The third-order valence-electron chi connectivity index (χ3n) is 1.29. The third kappa shape index (κ3) is 1.14. The summed E-state index contributed by atoms with van der Waals surface area (Å²) in [5.74, 6) is 0.317. The van der Waals surface area contributed by atoms with Gasteiger partial charge in [-0.05, 0) is 11.6 Å². The summed E-state index contributed by atoms with van der Waals surface area (Å²) in [7, 11) is 0. The van der Waals surface area contributed by atoms with Gasteiger partial charge in [0, 0.05) is 0 Å². The van der Waals surface area contributed by atoms with E-state index in [9.17, 15) is 0 Å². The number of hydrogen-bond acceptors (Lipinski definition) is 5. The Morgan fingerprint density at radius 1 is 1.17 bits per heavy atom. The number of nitrogens with zero attached hydrogens (tertiary/aromatic N) is 4. The van der Waals surface area contributed by atoms with Gasteiger partial charge in [-0.15, -0.1) is 0 Å². The number of hydrogen-bond donors (Lipinski definition) is 1. The van der Waals surface area contributed by atoms with Crippen molar-refractivity contribution in [1.29, 1.82) is 0 Å². The Morgan fingerprint density at radius 2 is 2.00 bits per heavy atom. The SMILES string of the molecule is Nc1cnc2cnc(Cl)nc2n1. The number of nitrogens with two attached hydrogens (primary N) is 1. The van der Waals surface area contributed by atoms with Crippen LogP contribution in [0.3, 0.4) is 0 Å². The lowest BCUT2D eigenvalue weighted by Crippen LogP contribution is -1.95. The van der Waals surface area contributed by atoms with Crippen molar-refractivity contribution in [3.8, 4) is 0 Å². The molecule has 0 aliphatic rings. The van der Waals surface area contributed by atoms with Gasteiger partial charge in [-0.2, -0.15) is 4.98 Å². The van der Waals surface area contributed by atoms with Crippen LogP contribution in [0.15, 0.2) is 12.4 Å². The highest BCUT2D eigenvalue weighted by Gasteiger charge is 1.99. The zero-order valence-corrected chi connectivity index (χ0v) is 6.65. The van der Waals surface area contributed by atoms with Crippen LogP contribution in [0.1, 0.15) is 0 Å². The third-order valence-corrected chi connectivity index (χ3v) is 1.47. The molecule has 2 heterocycles. The Labute approximate surface area is 72.6 Å². The van der Waals surface area contributed by atoms with E-state index in [2.05, 4.69) is 19.9 Å². The molecule has 0 atom stereocenters. The molecule has 2 aromatic rings. The van der Waals surface area contributed by atoms with Crippen molar-refractivity contribution in [3.63, 3.8) is 0 Å². The van der Waals surface area contributed by atoms with Crippen LogP contribution in [0, 0.1) is 0 Å². The molecule has 6 heteroatoms. The van der Waals surface area contributed by atoms with E-state index < -0.39 is 0 Å². The van der Waals surface area contributed by atoms with Crippen molar-refractivity contribution in [2.24, 2.45) is 0 Å². The summed E-state index contributed by atoms with van der Waals surface area (Å²) in [6.07, 6.45) is 2.94. The summed E-state index contributed by atoms with van der Waals surface area (Å²) in [4.78, 5) is 15.5. The van der Waals surface area contributed by atoms with E-state index in [1.807, 2.05) is 0 Å². The van der Waals surface area contributed by atoms with E-state index in [1.165, 1.54) is 12.4 Å². The Morgan fingerprint density at radius 3 is 2.83 bits per heavy atom. The van der Waals surface area contributed by atoms with Crippen molar-refractivity contribution >= 4 is 28.6 Å². The molecule has 2 rings (SSSR count). The average Bonchev–Trinajstić information content (AvgIpc) is 2.03. The first-order valence-electron chi connectivity index (χ1n) is 3.16. The van der Waals surface area contributed by atoms with E-state index in [0.29, 0.717) is 17.0 Å². The molecule has 60 valence electrons. The smallest absolute Gasteiger partial charge is 0.224 e. The number of aromatic nitrogens is 4. The normalized spacial score (nSPS) is 10.4. The number of nitrogen functional groups attached to an aromatic ring is 1. The molecule has 5 nitrogen and oxygen atoms in total. The lowest BCUT2D eigenvalue weighted by atomic mass is 10.5. The summed E-state index contributed by atoms with van der Waals surface area (Å²) < 4.78 is 0. The van der Waals surface area contributed by atoms with Crippen LogP contribution in [-0.4, -0.2) is 19.9 Å². The molecule has 0 unspecified atom stereocenters. The maximum Gasteiger partial charge on any atom is 0.224 e. The molecule has 0 saturated heterocycles. The molecule has 2 aromatic heterocycles. The fraction of sp³-hybridized carbons (Fsp3) is 0. The summed E-state index contributed by atoms with van der Waals surface area (Å²) in [5, 5.41) is 0.141. The van der Waals surface area contributed by atoms with Gasteiger partial charge in [0.1, 0.15) is 11.3 Å². The summed E-state index contributed by atoms with van der Waals surface area (Å²) in [6.45, 7) is 0. The molecule has 0 aliphatic carbocycles. The molecular formula is C6H4ClN5. The van der Waals surface area contributed by atoms with Crippen LogP contribution in [0.5, 0.6) is 0 Å². The average molecular weight is 182 g/mol. The van der Waals surface area contributed by atoms with E-state index in [-0.39, 0.29) is 5.28 Å². The molecule has 0 radical (unpaired) electrons. The van der Waals surface area contributed by atoms with Crippen LogP contribution in [-0.2, 0) is 0 Å². The second-order valence-electron chi connectivity index (χ2n) is 2.14. The number of fused-ring (bicyclic) bond motifs is 1. The first kappa shape index (κ1) is 7.17. The maximum atomic E-state index is 5.54. The fourth-order valence-corrected chi connectivity index (χ4v) is 0.935. The van der Waals surface area contributed by atoms with Crippen molar-refractivity contribution in [1.82, 2.24) is 19.9 Å². The largest absolute Gasteiger partial charge is 0.382 e. The van der Waals surface area contributed by atoms with E-state index in [1.54, 1.807) is 0 Å². The first-order chi connectivity index (χ1) is 5.75. The zero-order chi connectivity index (χ0) is 8.55. The lowest BCUT2D eigenvalue weighted by Gasteiger charge is -1.95. The summed E-state index contributed by atoms with van der Waals surface area (Å²) >= 11 is 5.54. The van der Waals surface area contributed by atoms with Crippen LogP contribution in [0.2, 0.25) is 5.28 Å². The lowest BCUT2D eigenvalue weighted by molar-refractivity contribution is 1.15. The molecule has 0 saturated carbocycles. The van der Waals surface area contributed by atoms with Gasteiger partial charge in [-0.25, -0.2) is 15.0 Å². The standard InChI is InChI=1S/C6H4ClN5/c7-6-10-1-3-5(12-6)11-4(8)2-9-3/h1-2H,(H2,8,10,11,12). The van der Waals surface area contributed by atoms with Gasteiger partial charge in [0.25, 0.3) is 0 Å². The van der Waals surface area contributed by atoms with E-state index >= 15 is 0 Å². The van der Waals surface area contributed by atoms with Crippen LogP contribution >= 0.6 is 11.6 Å². The van der Waals surface area contributed by atoms with Crippen molar-refractivity contribution in [2.75, 3.05) is 5.73 Å². The number of anilines is 1. The second-order valence-corrected chi connectivity index (χ2v) is 2.48. The topological polar surface area (TPSA) is 77.6 Å². The van der Waals surface area contributed by atoms with Crippen molar-refractivity contribution < 1.29 is 0 Å². The molecule has 0 bridgehead atoms. The Bertz CT molecular complexity index is 392. The molecule has 2 N–H and O–H groups in total. The minimum absolute atomic E-state index is 0.141. The Balaban J connectivity index is 2.80. The quantitative estimate of drug-likeness (QED) is 0.604. The highest BCUT2D eigenvalue weighted by molar-refractivity contribution is 6.28. The van der Waals surface area contributed by atoms with Crippen molar-refractivity contribution in [2.45, 2.75) is 0 Å². The van der Waals surface area contributed by atoms with Crippen LogP contribution < -0.4 is 5.73 Å². The van der Waals surface area contributed by atoms with Crippen LogP contribution in [0.25, 0.3) is 11.2 Å². The Hall–Kier alpha value is -1.49. The van der Waals surface area contributed by atoms with Crippen LogP contribution in [0.4, 0.5) is 5.82 Å². The molecule has 0 spiro atoms. The maximum absolute atomic E-state index is 5.54. The fourth-order valence-electron chi connectivity index (χ4n) is 0.806. The van der Waals surface area contributed by atoms with Gasteiger partial charge < -0.3 is 5.73 Å². The van der Waals surface area contributed by atoms with Gasteiger partial charge in [0.2, 0.25) is 5.28 Å². The van der Waals surface area contributed by atoms with Gasteiger partial charge in [-0.3, -0.25) is 0 Å². The van der Waals surface area contributed by atoms with Crippen molar-refractivity contribution in [3.05, 3.63) is 17.7 Å². The van der Waals surface area contributed by atoms with Gasteiger partial charge in [-0.1, -0.05) is 0 Å². The molecule has 12 heavy (non-hydrogen) atoms. The molecular weight excluding hydrogens is 178 g/mol. The van der Waals surface area contributed by atoms with E-state index in [4.69, 9.17) is 17.3 Å². The van der Waals surface area contributed by atoms with E-state index in [0.717, 1.165) is 0 Å². The predicted octanol–water partition coefficient (Wildman–Crippen LogP) is 0.655. The van der Waals surface area contributed by atoms with Gasteiger partial charge in [0.05, 0.1) is 12.4 Å². The Kier molecular flexibility index (Phi) is 1.51. The highest BCUT2D eigenvalue weighted by Crippen LogP contribution is 2.08. The molecule has 0 aromatic carbocycles. The molecule has 0 aliphatic heterocycles. The molecule has 0 amide bonds. The predicted molar refractivity (Wildman–Crippen MR) is 44.6 cm³/mol. The second kappa shape index (κ2) is 2.53. The first-order valence-corrected chi connectivity index (χ1v) is 3.54. The van der Waals surface area contributed by atoms with Gasteiger partial charge >= 0.3 is 0 Å². The summed E-state index contributed by atoms with van der Waals surface area (Å²) in [6, 6.07) is 0. The van der Waals surface area contributed by atoms with Gasteiger partial charge in [0.15, 0.2) is 5.65 Å². The summed E-state index contributed by atoms with van der Waals surface area (Å²) in [5.41, 5.74) is 6.39. The zero-order valence-electron chi connectivity index (χ0n) is 5.90. The number of rotatable bonds is 0. The highest BCUT2D eigenvalue weighted by atomic mass is 35.5. The molecule has 0 fully saturated rings. The minimum atomic E-state index is 0.141. The number of halogens is 1. The minimum Gasteiger partial charge on any atom is -0.382 e. The monoisotopic (exact) mass is 181 g/mol.